The highest BCUT2D eigenvalue weighted by atomic mass is 19.1. The number of imidazole rings is 1. The summed E-state index contributed by atoms with van der Waals surface area (Å²) in [5.41, 5.74) is -0.0603. The zero-order valence-corrected chi connectivity index (χ0v) is 10.7. The minimum absolute atomic E-state index is 0.0249. The van der Waals surface area contributed by atoms with E-state index in [1.54, 1.807) is 6.20 Å². The molecule has 0 amide bonds. The number of benzene rings is 1. The van der Waals surface area contributed by atoms with Crippen LogP contribution in [0.1, 0.15) is 17.8 Å². The van der Waals surface area contributed by atoms with Crippen molar-refractivity contribution in [3.63, 3.8) is 0 Å². The summed E-state index contributed by atoms with van der Waals surface area (Å²) < 4.78 is 28.7. The standard InChI is InChI=1S/C14H16F2N2O/c1-18-8-7-17-14(18)6-5-10(19)9-11-12(15)3-2-4-13(11)16/h2-4,7-8,10,19H,5-6,9H2,1H3. The Balaban J connectivity index is 1.94. The fraction of sp³-hybridized carbons (Fsp3) is 0.357. The molecule has 3 nitrogen and oxygen atoms in total. The van der Waals surface area contributed by atoms with Crippen molar-refractivity contribution in [2.24, 2.45) is 7.05 Å². The van der Waals surface area contributed by atoms with Gasteiger partial charge in [0.2, 0.25) is 0 Å². The lowest BCUT2D eigenvalue weighted by molar-refractivity contribution is 0.161. The zero-order valence-electron chi connectivity index (χ0n) is 10.7. The molecular weight excluding hydrogens is 250 g/mol. The van der Waals surface area contributed by atoms with E-state index in [1.165, 1.54) is 18.2 Å². The van der Waals surface area contributed by atoms with Gasteiger partial charge in [0.25, 0.3) is 0 Å². The van der Waals surface area contributed by atoms with E-state index >= 15 is 0 Å². The van der Waals surface area contributed by atoms with Crippen molar-refractivity contribution in [1.82, 2.24) is 9.55 Å². The van der Waals surface area contributed by atoms with Crippen LogP contribution in [0.3, 0.4) is 0 Å². The molecule has 0 bridgehead atoms. The first-order chi connectivity index (χ1) is 9.08. The molecule has 0 saturated heterocycles. The molecule has 1 unspecified atom stereocenters. The van der Waals surface area contributed by atoms with Gasteiger partial charge in [-0.05, 0) is 18.6 Å². The van der Waals surface area contributed by atoms with Gasteiger partial charge in [-0.3, -0.25) is 0 Å². The fourth-order valence-electron chi connectivity index (χ4n) is 2.00. The van der Waals surface area contributed by atoms with Crippen LogP contribution in [0.25, 0.3) is 0 Å². The van der Waals surface area contributed by atoms with E-state index in [0.717, 1.165) is 5.82 Å². The summed E-state index contributed by atoms with van der Waals surface area (Å²) in [6.45, 7) is 0. The van der Waals surface area contributed by atoms with Crippen LogP contribution < -0.4 is 0 Å². The number of aryl methyl sites for hydroxylation is 2. The Bertz CT molecular complexity index is 534. The zero-order chi connectivity index (χ0) is 13.8. The van der Waals surface area contributed by atoms with Crippen molar-refractivity contribution in [1.29, 1.82) is 0 Å². The molecule has 0 fully saturated rings. The minimum Gasteiger partial charge on any atom is -0.393 e. The Morgan fingerprint density at radius 2 is 2.00 bits per heavy atom. The number of aliphatic hydroxyl groups is 1. The maximum Gasteiger partial charge on any atom is 0.129 e. The molecular formula is C14H16F2N2O. The third-order valence-electron chi connectivity index (χ3n) is 3.12. The highest BCUT2D eigenvalue weighted by Crippen LogP contribution is 2.16. The smallest absolute Gasteiger partial charge is 0.129 e. The topological polar surface area (TPSA) is 38.0 Å². The number of aliphatic hydroxyl groups excluding tert-OH is 1. The highest BCUT2D eigenvalue weighted by molar-refractivity contribution is 5.20. The summed E-state index contributed by atoms with van der Waals surface area (Å²) in [6, 6.07) is 3.71. The first-order valence-corrected chi connectivity index (χ1v) is 6.15. The van der Waals surface area contributed by atoms with Crippen molar-refractivity contribution >= 4 is 0 Å². The van der Waals surface area contributed by atoms with Crippen molar-refractivity contribution in [2.75, 3.05) is 0 Å². The van der Waals surface area contributed by atoms with E-state index in [0.29, 0.717) is 12.8 Å². The molecule has 2 rings (SSSR count). The Hall–Kier alpha value is -1.75. The molecule has 1 aromatic heterocycles. The quantitative estimate of drug-likeness (QED) is 0.901. The normalized spacial score (nSPS) is 12.6. The van der Waals surface area contributed by atoms with Crippen LogP contribution in [-0.2, 0) is 19.9 Å². The Morgan fingerprint density at radius 1 is 1.32 bits per heavy atom. The summed E-state index contributed by atoms with van der Waals surface area (Å²) in [6.07, 6.45) is 3.67. The molecule has 1 atom stereocenters. The molecule has 1 aromatic carbocycles. The number of nitrogens with zero attached hydrogens (tertiary/aromatic N) is 2. The Labute approximate surface area is 110 Å². The molecule has 1 heterocycles. The lowest BCUT2D eigenvalue weighted by Gasteiger charge is -2.11. The SMILES string of the molecule is Cn1ccnc1CCC(O)Cc1c(F)cccc1F. The van der Waals surface area contributed by atoms with Gasteiger partial charge in [0.1, 0.15) is 17.5 Å². The molecule has 2 aromatic rings. The van der Waals surface area contributed by atoms with Crippen molar-refractivity contribution in [3.8, 4) is 0 Å². The largest absolute Gasteiger partial charge is 0.393 e. The van der Waals surface area contributed by atoms with Gasteiger partial charge < -0.3 is 9.67 Å². The van der Waals surface area contributed by atoms with Crippen LogP contribution in [0.2, 0.25) is 0 Å². The van der Waals surface area contributed by atoms with Crippen molar-refractivity contribution in [2.45, 2.75) is 25.4 Å². The summed E-state index contributed by atoms with van der Waals surface area (Å²) in [5, 5.41) is 9.87. The molecule has 19 heavy (non-hydrogen) atoms. The number of aromatic nitrogens is 2. The first kappa shape index (κ1) is 13.7. The van der Waals surface area contributed by atoms with Crippen LogP contribution in [0.15, 0.2) is 30.6 Å². The van der Waals surface area contributed by atoms with Crippen LogP contribution in [0.5, 0.6) is 0 Å². The predicted molar refractivity (Wildman–Crippen MR) is 67.6 cm³/mol. The molecule has 0 radical (unpaired) electrons. The lowest BCUT2D eigenvalue weighted by atomic mass is 10.0. The molecule has 0 aliphatic carbocycles. The predicted octanol–water partition coefficient (Wildman–Crippen LogP) is 2.23. The van der Waals surface area contributed by atoms with Gasteiger partial charge in [0.15, 0.2) is 0 Å². The number of halogens is 2. The third kappa shape index (κ3) is 3.38. The summed E-state index contributed by atoms with van der Waals surface area (Å²) in [4.78, 5) is 4.13. The van der Waals surface area contributed by atoms with Gasteiger partial charge in [-0.25, -0.2) is 13.8 Å². The lowest BCUT2D eigenvalue weighted by Crippen LogP contribution is -2.15. The monoisotopic (exact) mass is 266 g/mol. The van der Waals surface area contributed by atoms with Crippen LogP contribution in [-0.4, -0.2) is 20.8 Å². The van der Waals surface area contributed by atoms with Gasteiger partial charge in [-0.2, -0.15) is 0 Å². The van der Waals surface area contributed by atoms with Crippen LogP contribution >= 0.6 is 0 Å². The van der Waals surface area contributed by atoms with Gasteiger partial charge in [-0.15, -0.1) is 0 Å². The Kier molecular flexibility index (Phi) is 4.27. The average Bonchev–Trinajstić information content (AvgIpc) is 2.77. The van der Waals surface area contributed by atoms with Crippen molar-refractivity contribution < 1.29 is 13.9 Å². The molecule has 1 N–H and O–H groups in total. The Morgan fingerprint density at radius 3 is 2.58 bits per heavy atom. The fourth-order valence-corrected chi connectivity index (χ4v) is 2.00. The maximum absolute atomic E-state index is 13.4. The summed E-state index contributed by atoms with van der Waals surface area (Å²) in [7, 11) is 1.87. The molecule has 0 spiro atoms. The molecule has 5 heteroatoms. The molecule has 102 valence electrons. The number of rotatable bonds is 5. The maximum atomic E-state index is 13.4. The third-order valence-corrected chi connectivity index (χ3v) is 3.12. The second-order valence-electron chi connectivity index (χ2n) is 4.55. The van der Waals surface area contributed by atoms with E-state index in [1.807, 2.05) is 17.8 Å². The molecule has 0 saturated carbocycles. The second kappa shape index (κ2) is 5.93. The van der Waals surface area contributed by atoms with E-state index in [2.05, 4.69) is 4.98 Å². The van der Waals surface area contributed by atoms with Crippen LogP contribution in [0.4, 0.5) is 8.78 Å². The minimum atomic E-state index is -0.789. The average molecular weight is 266 g/mol. The molecule has 0 aliphatic rings. The van der Waals surface area contributed by atoms with Gasteiger partial charge in [-0.1, -0.05) is 6.07 Å². The van der Waals surface area contributed by atoms with Gasteiger partial charge in [0, 0.05) is 37.8 Å². The summed E-state index contributed by atoms with van der Waals surface area (Å²) in [5.74, 6) is -0.389. The second-order valence-corrected chi connectivity index (χ2v) is 4.55. The summed E-state index contributed by atoms with van der Waals surface area (Å²) >= 11 is 0. The van der Waals surface area contributed by atoms with E-state index in [-0.39, 0.29) is 12.0 Å². The first-order valence-electron chi connectivity index (χ1n) is 6.15. The molecule has 0 aliphatic heterocycles. The highest BCUT2D eigenvalue weighted by Gasteiger charge is 2.14. The van der Waals surface area contributed by atoms with E-state index in [9.17, 15) is 13.9 Å². The van der Waals surface area contributed by atoms with Gasteiger partial charge in [0.05, 0.1) is 6.10 Å². The van der Waals surface area contributed by atoms with Gasteiger partial charge >= 0.3 is 0 Å². The number of hydrogen-bond donors (Lipinski definition) is 1. The van der Waals surface area contributed by atoms with Crippen molar-refractivity contribution in [3.05, 3.63) is 53.6 Å². The van der Waals surface area contributed by atoms with E-state index in [4.69, 9.17) is 0 Å². The van der Waals surface area contributed by atoms with E-state index < -0.39 is 17.7 Å². The number of hydrogen-bond acceptors (Lipinski definition) is 2. The van der Waals surface area contributed by atoms with Crippen LogP contribution in [0, 0.1) is 11.6 Å².